The molecule has 28 heavy (non-hydrogen) atoms. The Morgan fingerprint density at radius 3 is 2.46 bits per heavy atom. The molecule has 1 unspecified atom stereocenters. The number of benzene rings is 2. The van der Waals surface area contributed by atoms with Crippen molar-refractivity contribution in [1.29, 1.82) is 0 Å². The highest BCUT2D eigenvalue weighted by atomic mass is 19.1. The normalized spacial score (nSPS) is 11.6. The summed E-state index contributed by atoms with van der Waals surface area (Å²) in [6.07, 6.45) is 1.04. The fourth-order valence-corrected chi connectivity index (χ4v) is 2.91. The molecule has 1 atom stereocenters. The predicted molar refractivity (Wildman–Crippen MR) is 106 cm³/mol. The van der Waals surface area contributed by atoms with Gasteiger partial charge in [-0.05, 0) is 37.1 Å². The molecule has 0 aromatic heterocycles. The number of para-hydroxylation sites is 1. The minimum Gasteiger partial charge on any atom is -0.496 e. The molecule has 0 saturated heterocycles. The van der Waals surface area contributed by atoms with Crippen molar-refractivity contribution in [1.82, 2.24) is 10.2 Å². The van der Waals surface area contributed by atoms with Crippen LogP contribution in [0.25, 0.3) is 0 Å². The van der Waals surface area contributed by atoms with Crippen molar-refractivity contribution in [2.75, 3.05) is 7.11 Å². The molecule has 0 heterocycles. The third-order valence-electron chi connectivity index (χ3n) is 4.54. The Balaban J connectivity index is 2.09. The minimum absolute atomic E-state index is 0.105. The smallest absolute Gasteiger partial charge is 0.242 e. The van der Waals surface area contributed by atoms with Gasteiger partial charge in [-0.15, -0.1) is 0 Å². The second-order valence-corrected chi connectivity index (χ2v) is 6.60. The fourth-order valence-electron chi connectivity index (χ4n) is 2.91. The molecule has 150 valence electrons. The highest BCUT2D eigenvalue weighted by molar-refractivity contribution is 5.87. The van der Waals surface area contributed by atoms with Crippen LogP contribution in [0.1, 0.15) is 37.8 Å². The number of rotatable bonds is 9. The maximum atomic E-state index is 13.2. The number of hydrogen-bond acceptors (Lipinski definition) is 3. The predicted octanol–water partition coefficient (Wildman–Crippen LogP) is 3.67. The van der Waals surface area contributed by atoms with Gasteiger partial charge in [0, 0.05) is 25.1 Å². The van der Waals surface area contributed by atoms with Gasteiger partial charge in [-0.2, -0.15) is 0 Å². The summed E-state index contributed by atoms with van der Waals surface area (Å²) in [5.41, 5.74) is 1.63. The maximum absolute atomic E-state index is 13.2. The zero-order valence-electron chi connectivity index (χ0n) is 16.6. The number of amides is 2. The van der Waals surface area contributed by atoms with Crippen molar-refractivity contribution in [3.8, 4) is 5.75 Å². The lowest BCUT2D eigenvalue weighted by Gasteiger charge is -2.29. The topological polar surface area (TPSA) is 58.6 Å². The van der Waals surface area contributed by atoms with E-state index in [1.165, 1.54) is 17.0 Å². The Kier molecular flexibility index (Phi) is 7.99. The molecular weight excluding hydrogens is 359 g/mol. The van der Waals surface area contributed by atoms with Gasteiger partial charge in [0.2, 0.25) is 11.8 Å². The van der Waals surface area contributed by atoms with Gasteiger partial charge in [-0.3, -0.25) is 9.59 Å². The number of carbonyl (C=O) groups is 2. The van der Waals surface area contributed by atoms with Crippen molar-refractivity contribution in [3.05, 3.63) is 65.5 Å². The Bertz CT molecular complexity index is 793. The average molecular weight is 386 g/mol. The summed E-state index contributed by atoms with van der Waals surface area (Å²) in [6, 6.07) is 12.7. The van der Waals surface area contributed by atoms with Gasteiger partial charge >= 0.3 is 0 Å². The third kappa shape index (κ3) is 5.81. The summed E-state index contributed by atoms with van der Waals surface area (Å²) < 4.78 is 18.5. The Morgan fingerprint density at radius 2 is 1.82 bits per heavy atom. The highest BCUT2D eigenvalue weighted by Crippen LogP contribution is 2.17. The molecule has 6 heteroatoms. The van der Waals surface area contributed by atoms with Crippen LogP contribution in [0.5, 0.6) is 5.75 Å². The summed E-state index contributed by atoms with van der Waals surface area (Å²) >= 11 is 0. The van der Waals surface area contributed by atoms with E-state index < -0.39 is 6.04 Å². The first-order valence-corrected chi connectivity index (χ1v) is 9.39. The molecule has 0 spiro atoms. The van der Waals surface area contributed by atoms with Crippen molar-refractivity contribution >= 4 is 11.8 Å². The molecule has 5 nitrogen and oxygen atoms in total. The second kappa shape index (κ2) is 10.4. The molecule has 0 radical (unpaired) electrons. The highest BCUT2D eigenvalue weighted by Gasteiger charge is 2.25. The van der Waals surface area contributed by atoms with Gasteiger partial charge in [-0.1, -0.05) is 37.3 Å². The molecule has 0 aliphatic rings. The zero-order chi connectivity index (χ0) is 20.5. The van der Waals surface area contributed by atoms with Crippen LogP contribution in [0.4, 0.5) is 4.39 Å². The van der Waals surface area contributed by atoms with Crippen LogP contribution in [0.3, 0.4) is 0 Å². The number of methoxy groups -OCH3 is 1. The number of hydrogen-bond donors (Lipinski definition) is 1. The lowest BCUT2D eigenvalue weighted by molar-refractivity contribution is -0.140. The molecule has 1 N–H and O–H groups in total. The Morgan fingerprint density at radius 1 is 1.14 bits per heavy atom. The van der Waals surface area contributed by atoms with Crippen LogP contribution in [-0.4, -0.2) is 29.9 Å². The van der Waals surface area contributed by atoms with E-state index in [1.54, 1.807) is 26.2 Å². The molecule has 2 rings (SSSR count). The molecule has 2 amide bonds. The maximum Gasteiger partial charge on any atom is 0.242 e. The van der Waals surface area contributed by atoms with Crippen LogP contribution in [0.2, 0.25) is 0 Å². The van der Waals surface area contributed by atoms with Crippen LogP contribution >= 0.6 is 0 Å². The second-order valence-electron chi connectivity index (χ2n) is 6.60. The summed E-state index contributed by atoms with van der Waals surface area (Å²) in [4.78, 5) is 26.8. The van der Waals surface area contributed by atoms with E-state index in [1.807, 2.05) is 31.2 Å². The van der Waals surface area contributed by atoms with Crippen molar-refractivity contribution in [2.24, 2.45) is 0 Å². The lowest BCUT2D eigenvalue weighted by Crippen LogP contribution is -2.47. The van der Waals surface area contributed by atoms with E-state index in [2.05, 4.69) is 5.32 Å². The van der Waals surface area contributed by atoms with Gasteiger partial charge < -0.3 is 15.0 Å². The lowest BCUT2D eigenvalue weighted by atomic mass is 10.1. The standard InChI is InChI=1S/C22H27FN2O3/c1-4-7-21(26)25(15-17-10-12-19(23)13-11-17)16(2)22(27)24-14-18-8-5-6-9-20(18)28-3/h5-6,8-13,16H,4,7,14-15H2,1-3H3,(H,24,27). The van der Waals surface area contributed by atoms with Crippen molar-refractivity contribution < 1.29 is 18.7 Å². The quantitative estimate of drug-likeness (QED) is 0.715. The molecule has 0 bridgehead atoms. The first kappa shape index (κ1) is 21.4. The van der Waals surface area contributed by atoms with Crippen molar-refractivity contribution in [3.63, 3.8) is 0 Å². The van der Waals surface area contributed by atoms with E-state index in [0.29, 0.717) is 25.1 Å². The first-order chi connectivity index (χ1) is 13.5. The van der Waals surface area contributed by atoms with Crippen LogP contribution in [0, 0.1) is 5.82 Å². The SMILES string of the molecule is CCCC(=O)N(Cc1ccc(F)cc1)C(C)C(=O)NCc1ccccc1OC. The summed E-state index contributed by atoms with van der Waals surface area (Å²) in [7, 11) is 1.58. The van der Waals surface area contributed by atoms with E-state index in [-0.39, 0.29) is 24.2 Å². The molecular formula is C22H27FN2O3. The molecule has 0 saturated carbocycles. The molecule has 2 aromatic carbocycles. The summed E-state index contributed by atoms with van der Waals surface area (Å²) in [5.74, 6) is 0.00250. The van der Waals surface area contributed by atoms with E-state index in [9.17, 15) is 14.0 Å². The van der Waals surface area contributed by atoms with Crippen LogP contribution < -0.4 is 10.1 Å². The van der Waals surface area contributed by atoms with Crippen LogP contribution in [-0.2, 0) is 22.7 Å². The Labute approximate surface area is 165 Å². The third-order valence-corrected chi connectivity index (χ3v) is 4.54. The number of nitrogens with one attached hydrogen (secondary N) is 1. The molecule has 0 aliphatic heterocycles. The van der Waals surface area contributed by atoms with Gasteiger partial charge in [-0.25, -0.2) is 4.39 Å². The van der Waals surface area contributed by atoms with Gasteiger partial charge in [0.05, 0.1) is 7.11 Å². The Hall–Kier alpha value is -2.89. The van der Waals surface area contributed by atoms with E-state index in [4.69, 9.17) is 4.74 Å². The van der Waals surface area contributed by atoms with Crippen molar-refractivity contribution in [2.45, 2.75) is 45.8 Å². The monoisotopic (exact) mass is 386 g/mol. The van der Waals surface area contributed by atoms with Gasteiger partial charge in [0.15, 0.2) is 0 Å². The van der Waals surface area contributed by atoms with Crippen LogP contribution in [0.15, 0.2) is 48.5 Å². The minimum atomic E-state index is -0.654. The molecule has 0 fully saturated rings. The molecule has 0 aliphatic carbocycles. The van der Waals surface area contributed by atoms with E-state index in [0.717, 1.165) is 11.1 Å². The first-order valence-electron chi connectivity index (χ1n) is 9.39. The number of nitrogens with zero attached hydrogens (tertiary/aromatic N) is 1. The average Bonchev–Trinajstić information content (AvgIpc) is 2.71. The number of carbonyl (C=O) groups excluding carboxylic acids is 2. The van der Waals surface area contributed by atoms with E-state index >= 15 is 0 Å². The molecule has 2 aromatic rings. The number of ether oxygens (including phenoxy) is 1. The summed E-state index contributed by atoms with van der Waals surface area (Å²) in [5, 5.41) is 2.87. The zero-order valence-corrected chi connectivity index (χ0v) is 16.6. The fraction of sp³-hybridized carbons (Fsp3) is 0.364. The summed E-state index contributed by atoms with van der Waals surface area (Å²) in [6.45, 7) is 4.18. The van der Waals surface area contributed by atoms with Gasteiger partial charge in [0.25, 0.3) is 0 Å². The number of halogens is 1. The largest absolute Gasteiger partial charge is 0.496 e. The van der Waals surface area contributed by atoms with Gasteiger partial charge in [0.1, 0.15) is 17.6 Å².